The smallest absolute Gasteiger partial charge is 0.277 e. The monoisotopic (exact) mass is 422 g/mol. The third-order valence-electron chi connectivity index (χ3n) is 4.28. The van der Waals surface area contributed by atoms with Crippen LogP contribution in [0.15, 0.2) is 27.8 Å². The van der Waals surface area contributed by atoms with Gasteiger partial charge in [0.15, 0.2) is 0 Å². The van der Waals surface area contributed by atoms with Crippen LogP contribution in [-0.4, -0.2) is 78.5 Å². The predicted molar refractivity (Wildman–Crippen MR) is 109 cm³/mol. The molecule has 0 saturated carbocycles. The maximum atomic E-state index is 12.3. The van der Waals surface area contributed by atoms with Crippen LogP contribution < -0.4 is 9.47 Å². The topological polar surface area (TPSA) is 98.0 Å². The first kappa shape index (κ1) is 22.5. The molecule has 158 valence electrons. The summed E-state index contributed by atoms with van der Waals surface area (Å²) in [4.78, 5) is 27.5. The quantitative estimate of drug-likeness (QED) is 0.537. The first-order chi connectivity index (χ1) is 13.9. The summed E-state index contributed by atoms with van der Waals surface area (Å²) in [6.45, 7) is 5.09. The SMILES string of the molecule is CCN(CC)C(=O)CN(C)C(=O)CSc1nnc(-c2ccc(OC)cc2OC)o1. The summed E-state index contributed by atoms with van der Waals surface area (Å²) in [5, 5.41) is 8.25. The van der Waals surface area contributed by atoms with Gasteiger partial charge in [-0.25, -0.2) is 0 Å². The Bertz CT molecular complexity index is 838. The predicted octanol–water partition coefficient (Wildman–Crippen LogP) is 2.17. The first-order valence-corrected chi connectivity index (χ1v) is 10.1. The van der Waals surface area contributed by atoms with Gasteiger partial charge >= 0.3 is 0 Å². The van der Waals surface area contributed by atoms with Crippen molar-refractivity contribution in [1.82, 2.24) is 20.0 Å². The highest BCUT2D eigenvalue weighted by Gasteiger charge is 2.19. The lowest BCUT2D eigenvalue weighted by atomic mass is 10.2. The van der Waals surface area contributed by atoms with E-state index in [1.807, 2.05) is 13.8 Å². The Morgan fingerprint density at radius 3 is 2.45 bits per heavy atom. The molecule has 1 heterocycles. The molecule has 0 saturated heterocycles. The minimum Gasteiger partial charge on any atom is -0.497 e. The maximum absolute atomic E-state index is 12.3. The van der Waals surface area contributed by atoms with Crippen LogP contribution in [0.2, 0.25) is 0 Å². The van der Waals surface area contributed by atoms with Crippen molar-refractivity contribution in [3.8, 4) is 23.0 Å². The molecule has 0 bridgehead atoms. The number of likely N-dealkylation sites (N-methyl/N-ethyl adjacent to an activating group) is 2. The third-order valence-corrected chi connectivity index (χ3v) is 5.08. The molecule has 2 rings (SSSR count). The minimum atomic E-state index is -0.197. The number of benzene rings is 1. The van der Waals surface area contributed by atoms with Gasteiger partial charge in [0.05, 0.1) is 32.1 Å². The van der Waals surface area contributed by atoms with Gasteiger partial charge in [-0.05, 0) is 26.0 Å². The van der Waals surface area contributed by atoms with Crippen LogP contribution in [0.5, 0.6) is 11.5 Å². The molecule has 10 heteroatoms. The lowest BCUT2D eigenvalue weighted by molar-refractivity contribution is -0.137. The van der Waals surface area contributed by atoms with Crippen molar-refractivity contribution in [3.63, 3.8) is 0 Å². The van der Waals surface area contributed by atoms with Crippen LogP contribution in [-0.2, 0) is 9.59 Å². The van der Waals surface area contributed by atoms with Crippen molar-refractivity contribution in [2.45, 2.75) is 19.1 Å². The largest absolute Gasteiger partial charge is 0.497 e. The summed E-state index contributed by atoms with van der Waals surface area (Å²) < 4.78 is 16.2. The molecule has 0 unspecified atom stereocenters. The van der Waals surface area contributed by atoms with E-state index in [1.165, 1.54) is 12.0 Å². The van der Waals surface area contributed by atoms with E-state index in [-0.39, 0.29) is 35.2 Å². The molecule has 1 aromatic carbocycles. The van der Waals surface area contributed by atoms with Crippen LogP contribution in [0.4, 0.5) is 0 Å². The summed E-state index contributed by atoms with van der Waals surface area (Å²) >= 11 is 1.12. The number of aromatic nitrogens is 2. The number of hydrogen-bond acceptors (Lipinski definition) is 8. The van der Waals surface area contributed by atoms with Gasteiger partial charge in [0.25, 0.3) is 11.1 Å². The molecule has 0 atom stereocenters. The van der Waals surface area contributed by atoms with Crippen LogP contribution in [0.3, 0.4) is 0 Å². The Balaban J connectivity index is 1.97. The molecular weight excluding hydrogens is 396 g/mol. The third kappa shape index (κ3) is 5.86. The zero-order valence-corrected chi connectivity index (χ0v) is 18.1. The van der Waals surface area contributed by atoms with Gasteiger partial charge in [-0.1, -0.05) is 11.8 Å². The van der Waals surface area contributed by atoms with E-state index in [2.05, 4.69) is 10.2 Å². The minimum absolute atomic E-state index is 0.0409. The normalized spacial score (nSPS) is 10.5. The molecule has 2 amide bonds. The fourth-order valence-corrected chi connectivity index (χ4v) is 3.26. The molecule has 0 spiro atoms. The lowest BCUT2D eigenvalue weighted by Crippen LogP contribution is -2.41. The average molecular weight is 423 g/mol. The molecular formula is C19H26N4O5S. The second-order valence-corrected chi connectivity index (χ2v) is 6.97. The fraction of sp³-hybridized carbons (Fsp3) is 0.474. The number of amides is 2. The number of nitrogens with zero attached hydrogens (tertiary/aromatic N) is 4. The van der Waals surface area contributed by atoms with Gasteiger partial charge in [0, 0.05) is 26.2 Å². The number of thioether (sulfide) groups is 1. The van der Waals surface area contributed by atoms with Gasteiger partial charge in [-0.15, -0.1) is 10.2 Å². The molecule has 29 heavy (non-hydrogen) atoms. The van der Waals surface area contributed by atoms with Gasteiger partial charge in [0.2, 0.25) is 11.8 Å². The number of carbonyl (C=O) groups excluding carboxylic acids is 2. The molecule has 0 fully saturated rings. The number of hydrogen-bond donors (Lipinski definition) is 0. The highest BCUT2D eigenvalue weighted by Crippen LogP contribution is 2.33. The lowest BCUT2D eigenvalue weighted by Gasteiger charge is -2.22. The molecule has 0 N–H and O–H groups in total. The van der Waals surface area contributed by atoms with E-state index < -0.39 is 0 Å². The number of methoxy groups -OCH3 is 2. The molecule has 2 aromatic rings. The first-order valence-electron chi connectivity index (χ1n) is 9.13. The second-order valence-electron chi connectivity index (χ2n) is 6.04. The molecule has 1 aromatic heterocycles. The summed E-state index contributed by atoms with van der Waals surface area (Å²) in [6, 6.07) is 5.25. The van der Waals surface area contributed by atoms with Gasteiger partial charge in [-0.3, -0.25) is 9.59 Å². The van der Waals surface area contributed by atoms with Gasteiger partial charge < -0.3 is 23.7 Å². The molecule has 0 aliphatic heterocycles. The standard InChI is InChI=1S/C19H26N4O5S/c1-6-23(7-2)16(24)11-22(3)17(25)12-29-19-21-20-18(28-19)14-9-8-13(26-4)10-15(14)27-5/h8-10H,6-7,11-12H2,1-5H3. The number of rotatable bonds is 10. The summed E-state index contributed by atoms with van der Waals surface area (Å²) in [5.74, 6) is 1.27. The number of carbonyl (C=O) groups is 2. The zero-order valence-electron chi connectivity index (χ0n) is 17.3. The van der Waals surface area contributed by atoms with E-state index in [4.69, 9.17) is 13.9 Å². The van der Waals surface area contributed by atoms with Crippen molar-refractivity contribution >= 4 is 23.6 Å². The van der Waals surface area contributed by atoms with E-state index in [0.717, 1.165) is 11.8 Å². The van der Waals surface area contributed by atoms with Gasteiger partial charge in [0.1, 0.15) is 11.5 Å². The van der Waals surface area contributed by atoms with Crippen molar-refractivity contribution in [1.29, 1.82) is 0 Å². The Hall–Kier alpha value is -2.75. The second kappa shape index (κ2) is 10.7. The van der Waals surface area contributed by atoms with Crippen molar-refractivity contribution in [2.75, 3.05) is 46.7 Å². The Kier molecular flexibility index (Phi) is 8.32. The molecule has 0 aliphatic carbocycles. The Morgan fingerprint density at radius 2 is 1.83 bits per heavy atom. The van der Waals surface area contributed by atoms with Crippen LogP contribution >= 0.6 is 11.8 Å². The van der Waals surface area contributed by atoms with E-state index in [1.54, 1.807) is 37.3 Å². The molecule has 0 radical (unpaired) electrons. The van der Waals surface area contributed by atoms with Crippen LogP contribution in [0.25, 0.3) is 11.5 Å². The maximum Gasteiger partial charge on any atom is 0.277 e. The van der Waals surface area contributed by atoms with Gasteiger partial charge in [-0.2, -0.15) is 0 Å². The van der Waals surface area contributed by atoms with E-state index in [9.17, 15) is 9.59 Å². The highest BCUT2D eigenvalue weighted by molar-refractivity contribution is 7.99. The Labute approximate surface area is 174 Å². The highest BCUT2D eigenvalue weighted by atomic mass is 32.2. The van der Waals surface area contributed by atoms with E-state index in [0.29, 0.717) is 30.2 Å². The summed E-state index contributed by atoms with van der Waals surface area (Å²) in [6.07, 6.45) is 0. The average Bonchev–Trinajstić information content (AvgIpc) is 3.21. The molecule has 9 nitrogen and oxygen atoms in total. The molecule has 0 aliphatic rings. The fourth-order valence-electron chi connectivity index (χ4n) is 2.55. The van der Waals surface area contributed by atoms with Crippen LogP contribution in [0.1, 0.15) is 13.8 Å². The van der Waals surface area contributed by atoms with Crippen LogP contribution in [0, 0.1) is 0 Å². The zero-order chi connectivity index (χ0) is 21.4. The van der Waals surface area contributed by atoms with Crippen molar-refractivity contribution in [2.24, 2.45) is 0 Å². The van der Waals surface area contributed by atoms with E-state index >= 15 is 0 Å². The van der Waals surface area contributed by atoms with Crippen molar-refractivity contribution in [3.05, 3.63) is 18.2 Å². The Morgan fingerprint density at radius 1 is 1.10 bits per heavy atom. The summed E-state index contributed by atoms with van der Waals surface area (Å²) in [5.41, 5.74) is 0.626. The summed E-state index contributed by atoms with van der Waals surface area (Å²) in [7, 11) is 4.71. The number of ether oxygens (including phenoxy) is 2. The van der Waals surface area contributed by atoms with Crippen molar-refractivity contribution < 1.29 is 23.5 Å².